The number of aliphatic hydroxyl groups is 1. The third-order valence-corrected chi connectivity index (χ3v) is 5.74. The van der Waals surface area contributed by atoms with Crippen LogP contribution in [0.3, 0.4) is 0 Å². The molecule has 1 saturated carbocycles. The third kappa shape index (κ3) is 3.20. The van der Waals surface area contributed by atoms with Gasteiger partial charge in [-0.05, 0) is 30.5 Å². The molecule has 1 aromatic carbocycles. The molecule has 1 aromatic rings. The van der Waals surface area contributed by atoms with E-state index in [1.165, 1.54) is 4.31 Å². The van der Waals surface area contributed by atoms with Crippen molar-refractivity contribution in [1.82, 2.24) is 4.31 Å². The van der Waals surface area contributed by atoms with Gasteiger partial charge in [-0.3, -0.25) is 0 Å². The Balaban J connectivity index is 2.33. The lowest BCUT2D eigenvalue weighted by molar-refractivity contribution is 0.226. The average Bonchev–Trinajstić information content (AvgIpc) is 2.98. The molecule has 1 aliphatic rings. The molecule has 5 nitrogen and oxygen atoms in total. The molecule has 1 fully saturated rings. The van der Waals surface area contributed by atoms with Crippen LogP contribution in [0, 0.1) is 0 Å². The summed E-state index contributed by atoms with van der Waals surface area (Å²) in [5.74, 6) is 0. The lowest BCUT2D eigenvalue weighted by atomic mass is 10.2. The van der Waals surface area contributed by atoms with Crippen molar-refractivity contribution in [3.05, 3.63) is 29.8 Å². The zero-order chi connectivity index (χ0) is 14.6. The number of hydrogen-bond donors (Lipinski definition) is 2. The van der Waals surface area contributed by atoms with Gasteiger partial charge in [-0.15, -0.1) is 0 Å². The van der Waals surface area contributed by atoms with Crippen LogP contribution in [-0.4, -0.2) is 37.0 Å². The van der Waals surface area contributed by atoms with Crippen molar-refractivity contribution in [2.45, 2.75) is 43.2 Å². The summed E-state index contributed by atoms with van der Waals surface area (Å²) in [5.41, 5.74) is 6.36. The molecule has 112 valence electrons. The molecule has 2 rings (SSSR count). The lowest BCUT2D eigenvalue weighted by Gasteiger charge is -2.27. The highest BCUT2D eigenvalue weighted by atomic mass is 32.2. The number of sulfonamides is 1. The first-order valence-electron chi connectivity index (χ1n) is 7.01. The Hall–Kier alpha value is -0.950. The Bertz CT molecular complexity index is 539. The van der Waals surface area contributed by atoms with Crippen LogP contribution in [0.4, 0.5) is 0 Å². The number of aliphatic hydroxyl groups excluding tert-OH is 1. The van der Waals surface area contributed by atoms with Crippen molar-refractivity contribution in [2.24, 2.45) is 5.73 Å². The third-order valence-electron chi connectivity index (χ3n) is 3.79. The van der Waals surface area contributed by atoms with E-state index in [9.17, 15) is 13.5 Å². The summed E-state index contributed by atoms with van der Waals surface area (Å²) in [4.78, 5) is 0.265. The highest BCUT2D eigenvalue weighted by molar-refractivity contribution is 7.89. The second kappa shape index (κ2) is 6.67. The Labute approximate surface area is 120 Å². The summed E-state index contributed by atoms with van der Waals surface area (Å²) in [6.45, 7) is 0.305. The largest absolute Gasteiger partial charge is 0.395 e. The van der Waals surface area contributed by atoms with Crippen molar-refractivity contribution in [2.75, 3.05) is 13.2 Å². The Kier molecular flexibility index (Phi) is 5.15. The zero-order valence-corrected chi connectivity index (χ0v) is 12.3. The van der Waals surface area contributed by atoms with Crippen molar-refractivity contribution < 1.29 is 13.5 Å². The van der Waals surface area contributed by atoms with Gasteiger partial charge in [0.15, 0.2) is 0 Å². The molecule has 0 atom stereocenters. The molecule has 0 aromatic heterocycles. The number of benzene rings is 1. The molecule has 20 heavy (non-hydrogen) atoms. The van der Waals surface area contributed by atoms with Crippen LogP contribution in [0.5, 0.6) is 0 Å². The highest BCUT2D eigenvalue weighted by Crippen LogP contribution is 2.28. The predicted octanol–water partition coefficient (Wildman–Crippen LogP) is 1.07. The van der Waals surface area contributed by atoms with Gasteiger partial charge in [0.1, 0.15) is 0 Å². The molecule has 1 aliphatic carbocycles. The molecule has 0 aliphatic heterocycles. The fourth-order valence-corrected chi connectivity index (χ4v) is 4.51. The second-order valence-corrected chi connectivity index (χ2v) is 7.02. The minimum Gasteiger partial charge on any atom is -0.395 e. The smallest absolute Gasteiger partial charge is 0.243 e. The van der Waals surface area contributed by atoms with Crippen molar-refractivity contribution in [3.8, 4) is 0 Å². The highest BCUT2D eigenvalue weighted by Gasteiger charge is 2.32. The van der Waals surface area contributed by atoms with Crippen molar-refractivity contribution >= 4 is 10.0 Å². The minimum atomic E-state index is -3.56. The Morgan fingerprint density at radius 1 is 1.30 bits per heavy atom. The lowest BCUT2D eigenvalue weighted by Crippen LogP contribution is -2.40. The van der Waals surface area contributed by atoms with Gasteiger partial charge >= 0.3 is 0 Å². The molecule has 3 N–H and O–H groups in total. The van der Waals surface area contributed by atoms with Gasteiger partial charge in [0.25, 0.3) is 0 Å². The van der Waals surface area contributed by atoms with Crippen LogP contribution in [0.2, 0.25) is 0 Å². The first kappa shape index (κ1) is 15.4. The van der Waals surface area contributed by atoms with E-state index in [1.54, 1.807) is 18.2 Å². The molecule has 0 radical (unpaired) electrons. The molecule has 0 heterocycles. The summed E-state index contributed by atoms with van der Waals surface area (Å²) >= 11 is 0. The van der Waals surface area contributed by atoms with E-state index in [0.717, 1.165) is 31.2 Å². The van der Waals surface area contributed by atoms with E-state index in [1.807, 2.05) is 6.07 Å². The van der Waals surface area contributed by atoms with Crippen LogP contribution in [-0.2, 0) is 16.6 Å². The quantitative estimate of drug-likeness (QED) is 0.823. The van der Waals surface area contributed by atoms with E-state index < -0.39 is 10.0 Å². The van der Waals surface area contributed by atoms with Gasteiger partial charge < -0.3 is 10.8 Å². The van der Waals surface area contributed by atoms with Crippen LogP contribution in [0.25, 0.3) is 0 Å². The summed E-state index contributed by atoms with van der Waals surface area (Å²) in [7, 11) is -3.56. The maximum absolute atomic E-state index is 12.8. The molecule has 0 amide bonds. The van der Waals surface area contributed by atoms with E-state index >= 15 is 0 Å². The van der Waals surface area contributed by atoms with E-state index in [0.29, 0.717) is 6.54 Å². The van der Waals surface area contributed by atoms with Crippen LogP contribution in [0.15, 0.2) is 29.2 Å². The van der Waals surface area contributed by atoms with Crippen molar-refractivity contribution in [1.29, 1.82) is 0 Å². The predicted molar refractivity (Wildman–Crippen MR) is 77.6 cm³/mol. The van der Waals surface area contributed by atoms with Gasteiger partial charge in [0.2, 0.25) is 10.0 Å². The van der Waals surface area contributed by atoms with Crippen LogP contribution >= 0.6 is 0 Å². The maximum atomic E-state index is 12.8. The number of nitrogens with zero attached hydrogens (tertiary/aromatic N) is 1. The number of hydrogen-bond acceptors (Lipinski definition) is 4. The fourth-order valence-electron chi connectivity index (χ4n) is 2.76. The van der Waals surface area contributed by atoms with Crippen LogP contribution < -0.4 is 5.73 Å². The fraction of sp³-hybridized carbons (Fsp3) is 0.571. The number of nitrogens with two attached hydrogens (primary N) is 1. The monoisotopic (exact) mass is 298 g/mol. The van der Waals surface area contributed by atoms with Gasteiger partial charge in [0, 0.05) is 19.1 Å². The Morgan fingerprint density at radius 2 is 2.00 bits per heavy atom. The second-order valence-electron chi connectivity index (χ2n) is 5.13. The average molecular weight is 298 g/mol. The molecular formula is C14H22N2O3S. The maximum Gasteiger partial charge on any atom is 0.243 e. The Morgan fingerprint density at radius 3 is 2.60 bits per heavy atom. The van der Waals surface area contributed by atoms with E-state index in [2.05, 4.69) is 0 Å². The summed E-state index contributed by atoms with van der Waals surface area (Å²) < 4.78 is 27.0. The summed E-state index contributed by atoms with van der Waals surface area (Å²) in [6, 6.07) is 6.74. The van der Waals surface area contributed by atoms with E-state index in [4.69, 9.17) is 5.73 Å². The zero-order valence-electron chi connectivity index (χ0n) is 11.5. The first-order valence-corrected chi connectivity index (χ1v) is 8.45. The van der Waals surface area contributed by atoms with Gasteiger partial charge in [-0.25, -0.2) is 8.42 Å². The molecular weight excluding hydrogens is 276 g/mol. The van der Waals surface area contributed by atoms with E-state index in [-0.39, 0.29) is 24.1 Å². The summed E-state index contributed by atoms with van der Waals surface area (Å²) in [5, 5.41) is 9.18. The van der Waals surface area contributed by atoms with Gasteiger partial charge in [0.05, 0.1) is 11.5 Å². The molecule has 0 unspecified atom stereocenters. The molecule has 0 spiro atoms. The first-order chi connectivity index (χ1) is 9.59. The molecule has 6 heteroatoms. The normalized spacial score (nSPS) is 16.9. The SMILES string of the molecule is NCc1cccc(S(=O)(=O)N(CCO)C2CCCC2)c1. The molecule has 0 bridgehead atoms. The molecule has 0 saturated heterocycles. The van der Waals surface area contributed by atoms with Crippen molar-refractivity contribution in [3.63, 3.8) is 0 Å². The number of rotatable bonds is 6. The minimum absolute atomic E-state index is 0.00804. The standard InChI is InChI=1S/C14H22N2O3S/c15-11-12-4-3-7-14(10-12)20(18,19)16(8-9-17)13-5-1-2-6-13/h3-4,7,10,13,17H,1-2,5-6,8-9,11,15H2. The van der Waals surface area contributed by atoms with Gasteiger partial charge in [-0.2, -0.15) is 4.31 Å². The van der Waals surface area contributed by atoms with Gasteiger partial charge in [-0.1, -0.05) is 25.0 Å². The summed E-state index contributed by atoms with van der Waals surface area (Å²) in [6.07, 6.45) is 3.83. The van der Waals surface area contributed by atoms with Crippen LogP contribution in [0.1, 0.15) is 31.2 Å². The topological polar surface area (TPSA) is 83.6 Å².